The van der Waals surface area contributed by atoms with E-state index in [2.05, 4.69) is 22.9 Å². The molecule has 1 N–H and O–H groups in total. The highest BCUT2D eigenvalue weighted by Crippen LogP contribution is 2.44. The minimum Gasteiger partial charge on any atom is -0.467 e. The molecule has 3 rings (SSSR count). The number of benzene rings is 1. The number of nitrogens with one attached hydrogen (secondary N) is 1. The topological polar surface area (TPSA) is 52.5 Å². The number of nitrogens with zero attached hydrogens (tertiary/aromatic N) is 1. The molecule has 0 saturated heterocycles. The molecule has 2 heterocycles. The van der Waals surface area contributed by atoms with Crippen molar-refractivity contribution in [1.82, 2.24) is 4.57 Å². The van der Waals surface area contributed by atoms with Gasteiger partial charge in [-0.25, -0.2) is 4.79 Å². The van der Waals surface area contributed by atoms with Crippen molar-refractivity contribution in [2.45, 2.75) is 52.9 Å². The Hall–Kier alpha value is -1.72. The van der Waals surface area contributed by atoms with Crippen LogP contribution in [-0.4, -0.2) is 29.8 Å². The Morgan fingerprint density at radius 3 is 2.64 bits per heavy atom. The zero-order valence-corrected chi connectivity index (χ0v) is 16.4. The maximum absolute atomic E-state index is 12.5. The molecule has 1 aliphatic heterocycles. The SMILES string of the molecule is COC(=O)[C@@H](OC(C)(C)C)c1c(Cl)c2c3c(cc(C)n3CCN2)c1C. The number of aryl methyl sites for hydroxylation is 2. The molecule has 0 bridgehead atoms. The molecule has 136 valence electrons. The Morgan fingerprint density at radius 1 is 1.36 bits per heavy atom. The Balaban J connectivity index is 2.30. The average Bonchev–Trinajstić information content (AvgIpc) is 2.88. The predicted octanol–water partition coefficient (Wildman–Crippen LogP) is 4.37. The first-order valence-electron chi connectivity index (χ1n) is 8.47. The average molecular weight is 365 g/mol. The summed E-state index contributed by atoms with van der Waals surface area (Å²) in [4.78, 5) is 12.5. The highest BCUT2D eigenvalue weighted by molar-refractivity contribution is 6.36. The van der Waals surface area contributed by atoms with E-state index in [4.69, 9.17) is 21.1 Å². The summed E-state index contributed by atoms with van der Waals surface area (Å²) < 4.78 is 13.3. The third-order valence-electron chi connectivity index (χ3n) is 4.59. The summed E-state index contributed by atoms with van der Waals surface area (Å²) in [5, 5.41) is 5.01. The minimum absolute atomic E-state index is 0.446. The molecule has 0 radical (unpaired) electrons. The maximum Gasteiger partial charge on any atom is 0.339 e. The van der Waals surface area contributed by atoms with Crippen molar-refractivity contribution in [1.29, 1.82) is 0 Å². The Morgan fingerprint density at radius 2 is 2.04 bits per heavy atom. The van der Waals surface area contributed by atoms with Gasteiger partial charge in [-0.1, -0.05) is 11.6 Å². The van der Waals surface area contributed by atoms with Gasteiger partial charge in [0, 0.05) is 29.7 Å². The molecule has 1 aliphatic rings. The van der Waals surface area contributed by atoms with E-state index in [1.807, 2.05) is 27.7 Å². The highest BCUT2D eigenvalue weighted by Gasteiger charge is 2.34. The molecule has 6 heteroatoms. The number of halogens is 1. The lowest BCUT2D eigenvalue weighted by molar-refractivity contribution is -0.164. The molecule has 5 nitrogen and oxygen atoms in total. The molecule has 0 amide bonds. The number of carbonyl (C=O) groups excluding carboxylic acids is 1. The van der Waals surface area contributed by atoms with Gasteiger partial charge in [0.15, 0.2) is 6.10 Å². The standard InChI is InChI=1S/C19H25ClN2O3/c1-10-9-12-11(2)13(17(18(23)24-6)25-19(3,4)5)14(20)15-16(12)22(10)8-7-21-15/h9,17,21H,7-8H2,1-6H3/t17-/m0/s1. The van der Waals surface area contributed by atoms with Crippen LogP contribution in [-0.2, 0) is 20.8 Å². The number of hydrogen-bond donors (Lipinski definition) is 1. The summed E-state index contributed by atoms with van der Waals surface area (Å²) in [5.41, 5.74) is 4.25. The van der Waals surface area contributed by atoms with Gasteiger partial charge in [0.25, 0.3) is 0 Å². The summed E-state index contributed by atoms with van der Waals surface area (Å²) in [6, 6.07) is 2.15. The summed E-state index contributed by atoms with van der Waals surface area (Å²) >= 11 is 6.77. The third-order valence-corrected chi connectivity index (χ3v) is 4.98. The van der Waals surface area contributed by atoms with E-state index in [9.17, 15) is 4.79 Å². The molecular weight excluding hydrogens is 340 g/mol. The summed E-state index contributed by atoms with van der Waals surface area (Å²) in [6.45, 7) is 11.5. The van der Waals surface area contributed by atoms with Crippen LogP contribution in [0.1, 0.15) is 43.7 Å². The number of hydrogen-bond acceptors (Lipinski definition) is 4. The van der Waals surface area contributed by atoms with Crippen LogP contribution in [0.3, 0.4) is 0 Å². The van der Waals surface area contributed by atoms with Gasteiger partial charge in [-0.15, -0.1) is 0 Å². The van der Waals surface area contributed by atoms with Crippen LogP contribution < -0.4 is 5.32 Å². The van der Waals surface area contributed by atoms with Gasteiger partial charge in [-0.05, 0) is 46.2 Å². The molecule has 0 aliphatic carbocycles. The minimum atomic E-state index is -0.870. The second-order valence-electron chi connectivity index (χ2n) is 7.49. The Labute approximate surface area is 153 Å². The third kappa shape index (κ3) is 3.00. The molecule has 1 aromatic heterocycles. The molecule has 1 atom stereocenters. The predicted molar refractivity (Wildman–Crippen MR) is 101 cm³/mol. The van der Waals surface area contributed by atoms with Crippen LogP contribution in [0, 0.1) is 13.8 Å². The van der Waals surface area contributed by atoms with Gasteiger partial charge < -0.3 is 19.4 Å². The molecule has 1 aromatic carbocycles. The van der Waals surface area contributed by atoms with Crippen molar-refractivity contribution in [2.75, 3.05) is 19.0 Å². The van der Waals surface area contributed by atoms with Crippen LogP contribution in [0.15, 0.2) is 6.07 Å². The van der Waals surface area contributed by atoms with E-state index in [0.717, 1.165) is 35.2 Å². The molecule has 0 unspecified atom stereocenters. The number of carbonyl (C=O) groups is 1. The lowest BCUT2D eigenvalue weighted by Gasteiger charge is -2.29. The molecular formula is C19H25ClN2O3. The smallest absolute Gasteiger partial charge is 0.339 e. The first-order valence-corrected chi connectivity index (χ1v) is 8.84. The second-order valence-corrected chi connectivity index (χ2v) is 7.87. The number of methoxy groups -OCH3 is 1. The van der Waals surface area contributed by atoms with Crippen molar-refractivity contribution in [2.24, 2.45) is 0 Å². The van der Waals surface area contributed by atoms with Gasteiger partial charge in [0.05, 0.1) is 28.9 Å². The van der Waals surface area contributed by atoms with Crippen molar-refractivity contribution in [3.8, 4) is 0 Å². The van der Waals surface area contributed by atoms with Gasteiger partial charge in [-0.2, -0.15) is 0 Å². The van der Waals surface area contributed by atoms with Gasteiger partial charge in [-0.3, -0.25) is 0 Å². The molecule has 2 aromatic rings. The molecule has 0 fully saturated rings. The zero-order valence-electron chi connectivity index (χ0n) is 15.6. The van der Waals surface area contributed by atoms with Crippen LogP contribution in [0.25, 0.3) is 10.9 Å². The first kappa shape index (κ1) is 18.1. The lowest BCUT2D eigenvalue weighted by Crippen LogP contribution is -2.29. The van der Waals surface area contributed by atoms with Gasteiger partial charge in [0.1, 0.15) is 0 Å². The maximum atomic E-state index is 12.5. The van der Waals surface area contributed by atoms with E-state index >= 15 is 0 Å². The van der Waals surface area contributed by atoms with Gasteiger partial charge >= 0.3 is 5.97 Å². The number of rotatable bonds is 3. The Bertz CT molecular complexity index is 849. The lowest BCUT2D eigenvalue weighted by atomic mass is 9.97. The zero-order chi connectivity index (χ0) is 18.5. The fourth-order valence-corrected chi connectivity index (χ4v) is 3.92. The van der Waals surface area contributed by atoms with E-state index in [-0.39, 0.29) is 0 Å². The molecule has 0 spiro atoms. The number of anilines is 1. The van der Waals surface area contributed by atoms with Crippen LogP contribution in [0.5, 0.6) is 0 Å². The fraction of sp³-hybridized carbons (Fsp3) is 0.526. The van der Waals surface area contributed by atoms with E-state index < -0.39 is 17.7 Å². The summed E-state index contributed by atoms with van der Waals surface area (Å²) in [6.07, 6.45) is -0.870. The summed E-state index contributed by atoms with van der Waals surface area (Å²) in [7, 11) is 1.37. The van der Waals surface area contributed by atoms with Crippen molar-refractivity contribution in [3.63, 3.8) is 0 Å². The largest absolute Gasteiger partial charge is 0.467 e. The van der Waals surface area contributed by atoms with Crippen molar-refractivity contribution >= 4 is 34.2 Å². The number of aromatic nitrogens is 1. The van der Waals surface area contributed by atoms with Crippen LogP contribution in [0.4, 0.5) is 5.69 Å². The van der Waals surface area contributed by atoms with Crippen LogP contribution >= 0.6 is 11.6 Å². The van der Waals surface area contributed by atoms with E-state index in [0.29, 0.717) is 10.6 Å². The molecule has 0 saturated carbocycles. The van der Waals surface area contributed by atoms with Crippen molar-refractivity contribution in [3.05, 3.63) is 27.9 Å². The van der Waals surface area contributed by atoms with E-state index in [1.54, 1.807) is 0 Å². The number of ether oxygens (including phenoxy) is 2. The first-order chi connectivity index (χ1) is 11.7. The van der Waals surface area contributed by atoms with Crippen molar-refractivity contribution < 1.29 is 14.3 Å². The van der Waals surface area contributed by atoms with Gasteiger partial charge in [0.2, 0.25) is 0 Å². The highest BCUT2D eigenvalue weighted by atomic mass is 35.5. The second kappa shape index (κ2) is 6.22. The normalized spacial score (nSPS) is 15.2. The fourth-order valence-electron chi connectivity index (χ4n) is 3.52. The summed E-state index contributed by atoms with van der Waals surface area (Å²) in [5.74, 6) is -0.446. The van der Waals surface area contributed by atoms with E-state index in [1.165, 1.54) is 12.8 Å². The molecule has 25 heavy (non-hydrogen) atoms. The van der Waals surface area contributed by atoms with Crippen LogP contribution in [0.2, 0.25) is 5.02 Å². The monoisotopic (exact) mass is 364 g/mol. The Kier molecular flexibility index (Phi) is 4.50. The quantitative estimate of drug-likeness (QED) is 0.822. The number of esters is 1.